The van der Waals surface area contributed by atoms with Crippen LogP contribution in [-0.2, 0) is 0 Å². The molecule has 0 aliphatic carbocycles. The topological polar surface area (TPSA) is 88.8 Å². The number of aromatic nitrogens is 3. The van der Waals surface area contributed by atoms with Gasteiger partial charge in [0.1, 0.15) is 12.0 Å². The van der Waals surface area contributed by atoms with Gasteiger partial charge in [-0.3, -0.25) is 4.98 Å². The number of anilines is 5. The van der Waals surface area contributed by atoms with Crippen LogP contribution in [0.3, 0.4) is 0 Å². The third-order valence-electron chi connectivity index (χ3n) is 4.55. The second-order valence-electron chi connectivity index (χ2n) is 6.41. The van der Waals surface area contributed by atoms with E-state index in [1.807, 2.05) is 36.4 Å². The average molecular weight is 356 g/mol. The normalized spacial score (nSPS) is 10.7. The highest BCUT2D eigenvalue weighted by atomic mass is 15.1. The number of benzene rings is 2. The van der Waals surface area contributed by atoms with Crippen molar-refractivity contribution in [3.63, 3.8) is 0 Å². The Labute approximate surface area is 157 Å². The van der Waals surface area contributed by atoms with Crippen molar-refractivity contribution in [2.24, 2.45) is 0 Å². The van der Waals surface area contributed by atoms with Gasteiger partial charge in [-0.1, -0.05) is 12.1 Å². The Bertz CT molecular complexity index is 1120. The number of aryl methyl sites for hydroxylation is 2. The highest BCUT2D eigenvalue weighted by Crippen LogP contribution is 2.31. The van der Waals surface area contributed by atoms with E-state index >= 15 is 0 Å². The molecule has 0 spiro atoms. The van der Waals surface area contributed by atoms with Gasteiger partial charge >= 0.3 is 0 Å². The fourth-order valence-corrected chi connectivity index (χ4v) is 2.89. The van der Waals surface area contributed by atoms with E-state index in [9.17, 15) is 0 Å². The van der Waals surface area contributed by atoms with Crippen LogP contribution in [0.15, 0.2) is 61.1 Å². The van der Waals surface area contributed by atoms with Crippen LogP contribution in [0.2, 0.25) is 0 Å². The lowest BCUT2D eigenvalue weighted by Gasteiger charge is -2.14. The summed E-state index contributed by atoms with van der Waals surface area (Å²) in [5.41, 5.74) is 12.0. The van der Waals surface area contributed by atoms with E-state index < -0.39 is 0 Å². The summed E-state index contributed by atoms with van der Waals surface area (Å²) >= 11 is 0. The van der Waals surface area contributed by atoms with Gasteiger partial charge in [0.05, 0.1) is 5.52 Å². The summed E-state index contributed by atoms with van der Waals surface area (Å²) in [6.07, 6.45) is 3.27. The van der Waals surface area contributed by atoms with Gasteiger partial charge in [0.25, 0.3) is 0 Å². The lowest BCUT2D eigenvalue weighted by Crippen LogP contribution is -2.05. The van der Waals surface area contributed by atoms with E-state index in [4.69, 9.17) is 5.73 Å². The van der Waals surface area contributed by atoms with Crippen molar-refractivity contribution in [1.82, 2.24) is 15.0 Å². The molecule has 0 bridgehead atoms. The minimum Gasteiger partial charge on any atom is -0.393 e. The maximum Gasteiger partial charge on any atom is 0.159 e. The minimum absolute atomic E-state index is 0.455. The van der Waals surface area contributed by atoms with Gasteiger partial charge in [0.2, 0.25) is 0 Å². The number of nitrogens with two attached hydrogens (primary N) is 1. The van der Waals surface area contributed by atoms with Crippen LogP contribution in [0.4, 0.5) is 28.7 Å². The van der Waals surface area contributed by atoms with Gasteiger partial charge in [-0.05, 0) is 61.4 Å². The molecule has 6 heteroatoms. The quantitative estimate of drug-likeness (QED) is 0.491. The molecule has 0 saturated carbocycles. The molecular weight excluding hydrogens is 336 g/mol. The van der Waals surface area contributed by atoms with Crippen LogP contribution in [0.5, 0.6) is 0 Å². The Hall–Kier alpha value is -3.67. The Morgan fingerprint density at radius 3 is 2.44 bits per heavy atom. The maximum absolute atomic E-state index is 6.33. The summed E-state index contributed by atoms with van der Waals surface area (Å²) in [6, 6.07) is 16.0. The monoisotopic (exact) mass is 356 g/mol. The number of hydrogen-bond acceptors (Lipinski definition) is 6. The Balaban J connectivity index is 1.66. The van der Waals surface area contributed by atoms with Crippen LogP contribution in [0.25, 0.3) is 10.9 Å². The van der Waals surface area contributed by atoms with Crippen LogP contribution in [-0.4, -0.2) is 15.0 Å². The molecule has 4 aromatic rings. The van der Waals surface area contributed by atoms with E-state index in [1.165, 1.54) is 17.5 Å². The lowest BCUT2D eigenvalue weighted by molar-refractivity contribution is 1.17. The van der Waals surface area contributed by atoms with Crippen molar-refractivity contribution in [1.29, 1.82) is 0 Å². The van der Waals surface area contributed by atoms with E-state index in [0.717, 1.165) is 22.3 Å². The molecule has 2 heterocycles. The molecule has 2 aromatic heterocycles. The maximum atomic E-state index is 6.33. The molecule has 0 aliphatic rings. The highest BCUT2D eigenvalue weighted by molar-refractivity contribution is 5.94. The Morgan fingerprint density at radius 2 is 1.63 bits per heavy atom. The largest absolute Gasteiger partial charge is 0.393 e. The zero-order valence-electron chi connectivity index (χ0n) is 15.2. The van der Waals surface area contributed by atoms with Crippen molar-refractivity contribution in [2.75, 3.05) is 16.4 Å². The summed E-state index contributed by atoms with van der Waals surface area (Å²) in [4.78, 5) is 13.0. The molecule has 6 nitrogen and oxygen atoms in total. The predicted molar refractivity (Wildman–Crippen MR) is 111 cm³/mol. The fraction of sp³-hybridized carbons (Fsp3) is 0.0952. The Kier molecular flexibility index (Phi) is 4.30. The van der Waals surface area contributed by atoms with Gasteiger partial charge in [-0.2, -0.15) is 0 Å². The summed E-state index contributed by atoms with van der Waals surface area (Å²) in [6.45, 7) is 4.16. The molecule has 0 unspecified atom stereocenters. The van der Waals surface area contributed by atoms with Crippen molar-refractivity contribution in [2.45, 2.75) is 13.8 Å². The molecule has 27 heavy (non-hydrogen) atoms. The molecule has 4 N–H and O–H groups in total. The van der Waals surface area contributed by atoms with Crippen LogP contribution in [0.1, 0.15) is 11.1 Å². The first-order chi connectivity index (χ1) is 13.1. The molecular formula is C21H20N6. The summed E-state index contributed by atoms with van der Waals surface area (Å²) < 4.78 is 0. The number of nitrogen functional groups attached to an aromatic ring is 1. The second-order valence-corrected chi connectivity index (χ2v) is 6.41. The van der Waals surface area contributed by atoms with Crippen molar-refractivity contribution >= 4 is 39.6 Å². The predicted octanol–water partition coefficient (Wildman–Crippen LogP) is 4.71. The first kappa shape index (κ1) is 16.8. The van der Waals surface area contributed by atoms with E-state index in [-0.39, 0.29) is 0 Å². The molecule has 2 aromatic carbocycles. The number of hydrogen-bond donors (Lipinski definition) is 3. The first-order valence-electron chi connectivity index (χ1n) is 8.67. The fourth-order valence-electron chi connectivity index (χ4n) is 2.89. The highest BCUT2D eigenvalue weighted by Gasteiger charge is 2.10. The van der Waals surface area contributed by atoms with Gasteiger partial charge in [-0.25, -0.2) is 9.97 Å². The molecule has 4 rings (SSSR count). The number of rotatable bonds is 4. The summed E-state index contributed by atoms with van der Waals surface area (Å²) in [5.74, 6) is 1.11. The zero-order chi connectivity index (χ0) is 18.8. The number of pyridine rings is 1. The first-order valence-corrected chi connectivity index (χ1v) is 8.67. The van der Waals surface area contributed by atoms with Gasteiger partial charge in [0, 0.05) is 23.0 Å². The molecule has 0 amide bonds. The number of nitrogens with zero attached hydrogens (tertiary/aromatic N) is 3. The van der Waals surface area contributed by atoms with Crippen molar-refractivity contribution in [3.05, 3.63) is 72.2 Å². The smallest absolute Gasteiger partial charge is 0.159 e. The summed E-state index contributed by atoms with van der Waals surface area (Å²) in [7, 11) is 0. The van der Waals surface area contributed by atoms with E-state index in [1.54, 1.807) is 6.20 Å². The third kappa shape index (κ3) is 3.37. The van der Waals surface area contributed by atoms with Crippen LogP contribution >= 0.6 is 0 Å². The minimum atomic E-state index is 0.455. The molecule has 0 atom stereocenters. The van der Waals surface area contributed by atoms with Gasteiger partial charge in [-0.15, -0.1) is 0 Å². The molecule has 0 aliphatic heterocycles. The van der Waals surface area contributed by atoms with Crippen LogP contribution in [0, 0.1) is 13.8 Å². The molecule has 0 radical (unpaired) electrons. The number of fused-ring (bicyclic) bond motifs is 1. The molecule has 0 saturated heterocycles. The zero-order valence-corrected chi connectivity index (χ0v) is 15.2. The Morgan fingerprint density at radius 1 is 0.815 bits per heavy atom. The van der Waals surface area contributed by atoms with Crippen molar-refractivity contribution < 1.29 is 0 Å². The lowest BCUT2D eigenvalue weighted by atomic mass is 10.1. The van der Waals surface area contributed by atoms with E-state index in [2.05, 4.69) is 51.6 Å². The van der Waals surface area contributed by atoms with Crippen molar-refractivity contribution in [3.8, 4) is 0 Å². The summed E-state index contributed by atoms with van der Waals surface area (Å²) in [5, 5.41) is 7.58. The average Bonchev–Trinajstić information content (AvgIpc) is 2.68. The molecule has 0 fully saturated rings. The number of nitrogens with one attached hydrogen (secondary N) is 2. The van der Waals surface area contributed by atoms with E-state index in [0.29, 0.717) is 17.3 Å². The van der Waals surface area contributed by atoms with Gasteiger partial charge < -0.3 is 16.4 Å². The third-order valence-corrected chi connectivity index (χ3v) is 4.55. The molecule has 134 valence electrons. The second kappa shape index (κ2) is 6.92. The standard InChI is InChI=1S/C21H20N6/c1-13-8-9-15(11-14(13)2)26-20-19(22)21(25-12-24-20)27-18-7-3-6-17-16(18)5-4-10-23-17/h3-12H,22H2,1-2H3,(H2,24,25,26,27). The van der Waals surface area contributed by atoms with Gasteiger partial charge in [0.15, 0.2) is 11.6 Å². The van der Waals surface area contributed by atoms with Crippen LogP contribution < -0.4 is 16.4 Å². The SMILES string of the molecule is Cc1ccc(Nc2ncnc(Nc3cccc4ncccc34)c2N)cc1C.